The smallest absolute Gasteiger partial charge is 0.163 e. The van der Waals surface area contributed by atoms with E-state index >= 15 is 0 Å². The second-order valence-electron chi connectivity index (χ2n) is 6.34. The third-order valence-electron chi connectivity index (χ3n) is 4.91. The highest BCUT2D eigenvalue weighted by Gasteiger charge is 2.43. The highest BCUT2D eigenvalue weighted by atomic mass is 16.5. The molecule has 1 atom stereocenters. The zero-order valence-electron chi connectivity index (χ0n) is 14.5. The van der Waals surface area contributed by atoms with Crippen LogP contribution in [0.4, 0.5) is 0 Å². The van der Waals surface area contributed by atoms with Gasteiger partial charge in [0.2, 0.25) is 0 Å². The molecule has 0 radical (unpaired) electrons. The van der Waals surface area contributed by atoms with Crippen LogP contribution in [0.25, 0.3) is 5.57 Å². The number of ketones is 1. The molecule has 0 saturated heterocycles. The summed E-state index contributed by atoms with van der Waals surface area (Å²) in [4.78, 5) is 12.9. The minimum absolute atomic E-state index is 0.0515. The highest BCUT2D eigenvalue weighted by Crippen LogP contribution is 2.45. The predicted octanol–water partition coefficient (Wildman–Crippen LogP) is 4.26. The molecule has 0 fully saturated rings. The second kappa shape index (κ2) is 7.25. The van der Waals surface area contributed by atoms with Gasteiger partial charge in [0.25, 0.3) is 0 Å². The summed E-state index contributed by atoms with van der Waals surface area (Å²) in [6.07, 6.45) is 2.08. The van der Waals surface area contributed by atoms with Crippen molar-refractivity contribution in [3.63, 3.8) is 0 Å². The summed E-state index contributed by atoms with van der Waals surface area (Å²) in [7, 11) is 1.58. The van der Waals surface area contributed by atoms with Crippen molar-refractivity contribution in [1.29, 1.82) is 10.5 Å². The zero-order valence-corrected chi connectivity index (χ0v) is 14.5. The molecule has 26 heavy (non-hydrogen) atoms. The Bertz CT molecular complexity index is 901. The van der Waals surface area contributed by atoms with Gasteiger partial charge < -0.3 is 4.74 Å². The second-order valence-corrected chi connectivity index (χ2v) is 6.34. The average molecular weight is 342 g/mol. The molecule has 0 unspecified atom stereocenters. The molecule has 128 valence electrons. The van der Waals surface area contributed by atoms with Gasteiger partial charge in [-0.25, -0.2) is 0 Å². The monoisotopic (exact) mass is 342 g/mol. The largest absolute Gasteiger partial charge is 0.497 e. The number of ether oxygens (including phenoxy) is 1. The maximum Gasteiger partial charge on any atom is 0.163 e. The maximum absolute atomic E-state index is 12.9. The van der Waals surface area contributed by atoms with Gasteiger partial charge in [-0.2, -0.15) is 10.5 Å². The van der Waals surface area contributed by atoms with Crippen LogP contribution in [0.1, 0.15) is 29.9 Å². The van der Waals surface area contributed by atoms with Gasteiger partial charge in [0, 0.05) is 17.9 Å². The van der Waals surface area contributed by atoms with E-state index < -0.39 is 11.3 Å². The molecule has 0 aromatic heterocycles. The minimum atomic E-state index is -1.28. The molecule has 3 rings (SSSR count). The van der Waals surface area contributed by atoms with E-state index in [-0.39, 0.29) is 18.6 Å². The Kier molecular flexibility index (Phi) is 4.87. The van der Waals surface area contributed by atoms with Gasteiger partial charge in [0.05, 0.1) is 19.2 Å². The SMILES string of the molecule is COc1ccc([C@@H]2CC(=O)C(c3ccccc3)=CCC2(C#N)C#N)cc1. The molecular formula is C22H18N2O2. The van der Waals surface area contributed by atoms with E-state index in [1.165, 1.54) is 0 Å². The molecular weight excluding hydrogens is 324 g/mol. The average Bonchev–Trinajstić information content (AvgIpc) is 2.85. The highest BCUT2D eigenvalue weighted by molar-refractivity contribution is 6.21. The van der Waals surface area contributed by atoms with Gasteiger partial charge in [-0.05, 0) is 29.7 Å². The predicted molar refractivity (Wildman–Crippen MR) is 98.1 cm³/mol. The first-order chi connectivity index (χ1) is 12.6. The first kappa shape index (κ1) is 17.5. The van der Waals surface area contributed by atoms with E-state index in [9.17, 15) is 15.3 Å². The number of hydrogen-bond acceptors (Lipinski definition) is 4. The quantitative estimate of drug-likeness (QED) is 0.835. The van der Waals surface area contributed by atoms with Crippen molar-refractivity contribution in [3.05, 3.63) is 71.8 Å². The lowest BCUT2D eigenvalue weighted by molar-refractivity contribution is -0.114. The number of methoxy groups -OCH3 is 1. The molecule has 0 aliphatic heterocycles. The fourth-order valence-corrected chi connectivity index (χ4v) is 3.40. The number of carbonyl (C=O) groups excluding carboxylic acids is 1. The van der Waals surface area contributed by atoms with Crippen molar-refractivity contribution >= 4 is 11.4 Å². The van der Waals surface area contributed by atoms with Crippen molar-refractivity contribution in [2.45, 2.75) is 18.8 Å². The molecule has 0 amide bonds. The molecule has 0 heterocycles. The van der Waals surface area contributed by atoms with Gasteiger partial charge in [0.15, 0.2) is 11.2 Å². The number of carbonyl (C=O) groups is 1. The fourth-order valence-electron chi connectivity index (χ4n) is 3.40. The lowest BCUT2D eigenvalue weighted by Crippen LogP contribution is -2.26. The van der Waals surface area contributed by atoms with Crippen LogP contribution in [-0.2, 0) is 4.79 Å². The topological polar surface area (TPSA) is 73.9 Å². The summed E-state index contributed by atoms with van der Waals surface area (Å²) >= 11 is 0. The molecule has 0 bridgehead atoms. The third-order valence-corrected chi connectivity index (χ3v) is 4.91. The number of Topliss-reactive ketones (excluding diaryl/α,β-unsaturated/α-hetero) is 1. The number of allylic oxidation sites excluding steroid dienone is 2. The van der Waals surface area contributed by atoms with E-state index in [0.29, 0.717) is 11.3 Å². The van der Waals surface area contributed by atoms with Crippen LogP contribution in [-0.4, -0.2) is 12.9 Å². The number of hydrogen-bond donors (Lipinski definition) is 0. The molecule has 0 spiro atoms. The van der Waals surface area contributed by atoms with Crippen LogP contribution in [0.15, 0.2) is 60.7 Å². The summed E-state index contributed by atoms with van der Waals surface area (Å²) in [5.74, 6) is 0.147. The molecule has 0 saturated carbocycles. The van der Waals surface area contributed by atoms with Crippen molar-refractivity contribution in [1.82, 2.24) is 0 Å². The van der Waals surface area contributed by atoms with Crippen LogP contribution in [0.5, 0.6) is 5.75 Å². The molecule has 4 nitrogen and oxygen atoms in total. The lowest BCUT2D eigenvalue weighted by Gasteiger charge is -2.26. The van der Waals surface area contributed by atoms with Crippen molar-refractivity contribution in [2.24, 2.45) is 5.41 Å². The Hall–Kier alpha value is -3.37. The zero-order chi connectivity index (χ0) is 18.6. The van der Waals surface area contributed by atoms with Gasteiger partial charge in [0.1, 0.15) is 5.75 Å². The Morgan fingerprint density at radius 3 is 2.27 bits per heavy atom. The van der Waals surface area contributed by atoms with E-state index in [0.717, 1.165) is 11.1 Å². The van der Waals surface area contributed by atoms with Crippen LogP contribution < -0.4 is 4.74 Å². The van der Waals surface area contributed by atoms with Crippen LogP contribution in [0, 0.1) is 28.1 Å². The first-order valence-corrected chi connectivity index (χ1v) is 8.39. The standard InChI is InChI=1S/C22H18N2O2/c1-26-18-9-7-17(8-10-18)20-13-21(25)19(16-5-3-2-4-6-16)11-12-22(20,14-23)15-24/h2-11,20H,12-13H2,1H3/t20-/m0/s1. The molecule has 4 heteroatoms. The fraction of sp³-hybridized carbons (Fsp3) is 0.227. The minimum Gasteiger partial charge on any atom is -0.497 e. The van der Waals surface area contributed by atoms with E-state index in [2.05, 4.69) is 12.1 Å². The first-order valence-electron chi connectivity index (χ1n) is 8.39. The maximum atomic E-state index is 12.9. The Morgan fingerprint density at radius 1 is 1.04 bits per heavy atom. The molecule has 1 aliphatic carbocycles. The number of nitrogens with zero attached hydrogens (tertiary/aromatic N) is 2. The van der Waals surface area contributed by atoms with Crippen LogP contribution >= 0.6 is 0 Å². The Balaban J connectivity index is 2.04. The van der Waals surface area contributed by atoms with E-state index in [1.54, 1.807) is 25.3 Å². The van der Waals surface area contributed by atoms with Gasteiger partial charge in [-0.1, -0.05) is 48.5 Å². The van der Waals surface area contributed by atoms with Crippen molar-refractivity contribution < 1.29 is 9.53 Å². The van der Waals surface area contributed by atoms with Crippen molar-refractivity contribution in [2.75, 3.05) is 7.11 Å². The molecule has 0 N–H and O–H groups in total. The molecule has 1 aliphatic rings. The van der Waals surface area contributed by atoms with Gasteiger partial charge >= 0.3 is 0 Å². The van der Waals surface area contributed by atoms with Crippen LogP contribution in [0.3, 0.4) is 0 Å². The summed E-state index contributed by atoms with van der Waals surface area (Å²) < 4.78 is 5.17. The molecule has 2 aromatic rings. The summed E-state index contributed by atoms with van der Waals surface area (Å²) in [6.45, 7) is 0. The number of nitriles is 2. The molecule has 2 aromatic carbocycles. The lowest BCUT2D eigenvalue weighted by atomic mass is 9.71. The van der Waals surface area contributed by atoms with Gasteiger partial charge in [-0.3, -0.25) is 4.79 Å². The summed E-state index contributed by atoms with van der Waals surface area (Å²) in [5, 5.41) is 19.6. The summed E-state index contributed by atoms with van der Waals surface area (Å²) in [5.41, 5.74) is 0.917. The Morgan fingerprint density at radius 2 is 1.69 bits per heavy atom. The number of rotatable bonds is 3. The van der Waals surface area contributed by atoms with Crippen LogP contribution in [0.2, 0.25) is 0 Å². The Labute approximate surface area is 153 Å². The van der Waals surface area contributed by atoms with E-state index in [1.807, 2.05) is 42.5 Å². The van der Waals surface area contributed by atoms with Crippen molar-refractivity contribution in [3.8, 4) is 17.9 Å². The van der Waals surface area contributed by atoms with E-state index in [4.69, 9.17) is 4.74 Å². The third kappa shape index (κ3) is 3.10. The summed E-state index contributed by atoms with van der Waals surface area (Å²) in [6, 6.07) is 21.0. The van der Waals surface area contributed by atoms with Gasteiger partial charge in [-0.15, -0.1) is 0 Å². The number of benzene rings is 2. The normalized spacial score (nSPS) is 18.8.